The van der Waals surface area contributed by atoms with Gasteiger partial charge in [-0.05, 0) is 35.7 Å². The summed E-state index contributed by atoms with van der Waals surface area (Å²) in [6.45, 7) is 2.56. The topological polar surface area (TPSA) is 82.7 Å². The van der Waals surface area contributed by atoms with E-state index in [1.54, 1.807) is 17.1 Å². The number of oxime groups is 1. The van der Waals surface area contributed by atoms with Gasteiger partial charge in [0.15, 0.2) is 18.1 Å². The normalized spacial score (nSPS) is 11.9. The van der Waals surface area contributed by atoms with Crippen LogP contribution in [0.1, 0.15) is 24.1 Å². The highest BCUT2D eigenvalue weighted by Gasteiger charge is 2.25. The zero-order chi connectivity index (χ0) is 27.6. The molecule has 200 valence electrons. The number of furan rings is 1. The van der Waals surface area contributed by atoms with Gasteiger partial charge in [0.2, 0.25) is 0 Å². The molecule has 0 aliphatic heterocycles. The third kappa shape index (κ3) is 4.65. The molecule has 4 heterocycles. The second-order valence-electron chi connectivity index (χ2n) is 9.68. The first kappa shape index (κ1) is 24.5. The fourth-order valence-corrected chi connectivity index (χ4v) is 5.15. The molecular formula is C33H26N6O2. The van der Waals surface area contributed by atoms with E-state index in [-0.39, 0.29) is 6.61 Å². The van der Waals surface area contributed by atoms with Gasteiger partial charge in [-0.1, -0.05) is 96.2 Å². The van der Waals surface area contributed by atoms with Crippen LogP contribution in [0.25, 0.3) is 39.1 Å². The van der Waals surface area contributed by atoms with E-state index in [9.17, 15) is 0 Å². The molecule has 0 saturated heterocycles. The van der Waals surface area contributed by atoms with Crippen LogP contribution in [-0.2, 0) is 18.0 Å². The fraction of sp³-hybridized carbons (Fsp3) is 0.0909. The molecule has 0 bridgehead atoms. The first-order valence-corrected chi connectivity index (χ1v) is 13.4. The number of hydrogen-bond donors (Lipinski definition) is 0. The van der Waals surface area contributed by atoms with E-state index in [4.69, 9.17) is 19.2 Å². The minimum absolute atomic E-state index is 0.132. The molecule has 0 aliphatic rings. The van der Waals surface area contributed by atoms with Crippen molar-refractivity contribution in [3.8, 4) is 22.4 Å². The zero-order valence-corrected chi connectivity index (χ0v) is 22.4. The van der Waals surface area contributed by atoms with Crippen LogP contribution in [0.5, 0.6) is 0 Å². The lowest BCUT2D eigenvalue weighted by Gasteiger charge is -2.11. The minimum atomic E-state index is 0.132. The van der Waals surface area contributed by atoms with E-state index in [0.717, 1.165) is 50.5 Å². The lowest BCUT2D eigenvalue weighted by molar-refractivity contribution is 0.125. The molecule has 0 fully saturated rings. The van der Waals surface area contributed by atoms with Crippen LogP contribution in [0, 0.1) is 0 Å². The predicted octanol–water partition coefficient (Wildman–Crippen LogP) is 7.00. The Morgan fingerprint density at radius 2 is 1.54 bits per heavy atom. The molecule has 7 rings (SSSR count). The smallest absolute Gasteiger partial charge is 0.192 e. The van der Waals surface area contributed by atoms with Gasteiger partial charge in [0, 0.05) is 5.56 Å². The number of aromatic nitrogens is 5. The summed E-state index contributed by atoms with van der Waals surface area (Å²) in [6.07, 6.45) is 3.40. The molecule has 0 radical (unpaired) electrons. The maximum atomic E-state index is 5.77. The first-order valence-electron chi connectivity index (χ1n) is 13.4. The van der Waals surface area contributed by atoms with Crippen molar-refractivity contribution in [2.24, 2.45) is 5.16 Å². The lowest BCUT2D eigenvalue weighted by atomic mass is 9.99. The summed E-state index contributed by atoms with van der Waals surface area (Å²) in [5, 5.41) is 9.87. The molecule has 0 amide bonds. The maximum Gasteiger partial charge on any atom is 0.192 e. The SMILES string of the molecule is CC(=NOCc1nc2c3c(-c4ccccc4)c(-c4ccccc4)n(Cc4ccco4)c3ncn2n1)c1ccccc1. The Labute approximate surface area is 236 Å². The third-order valence-corrected chi connectivity index (χ3v) is 7.01. The molecule has 0 unspecified atom stereocenters. The van der Waals surface area contributed by atoms with E-state index in [1.807, 2.05) is 85.8 Å². The predicted molar refractivity (Wildman–Crippen MR) is 158 cm³/mol. The fourth-order valence-electron chi connectivity index (χ4n) is 5.15. The molecule has 0 aliphatic carbocycles. The van der Waals surface area contributed by atoms with Crippen molar-refractivity contribution >= 4 is 22.4 Å². The van der Waals surface area contributed by atoms with Gasteiger partial charge in [-0.2, -0.15) is 0 Å². The van der Waals surface area contributed by atoms with Crippen molar-refractivity contribution in [2.75, 3.05) is 0 Å². The molecule has 0 saturated carbocycles. The van der Waals surface area contributed by atoms with Gasteiger partial charge in [0.1, 0.15) is 17.7 Å². The Morgan fingerprint density at radius 3 is 2.24 bits per heavy atom. The molecule has 3 aromatic carbocycles. The molecule has 8 nitrogen and oxygen atoms in total. The second kappa shape index (κ2) is 10.6. The molecule has 7 aromatic rings. The second-order valence-corrected chi connectivity index (χ2v) is 9.68. The monoisotopic (exact) mass is 538 g/mol. The zero-order valence-electron chi connectivity index (χ0n) is 22.4. The van der Waals surface area contributed by atoms with Crippen molar-refractivity contribution < 1.29 is 9.25 Å². The van der Waals surface area contributed by atoms with Gasteiger partial charge >= 0.3 is 0 Å². The summed E-state index contributed by atoms with van der Waals surface area (Å²) in [4.78, 5) is 15.5. The first-order chi connectivity index (χ1) is 20.3. The largest absolute Gasteiger partial charge is 0.467 e. The van der Waals surface area contributed by atoms with Gasteiger partial charge in [-0.15, -0.1) is 5.10 Å². The molecular weight excluding hydrogens is 512 g/mol. The molecule has 0 N–H and O–H groups in total. The lowest BCUT2D eigenvalue weighted by Crippen LogP contribution is -2.03. The molecule has 41 heavy (non-hydrogen) atoms. The van der Waals surface area contributed by atoms with Crippen LogP contribution in [0.2, 0.25) is 0 Å². The van der Waals surface area contributed by atoms with E-state index in [0.29, 0.717) is 18.0 Å². The summed E-state index contributed by atoms with van der Waals surface area (Å²) < 4.78 is 9.68. The van der Waals surface area contributed by atoms with Crippen LogP contribution in [0.4, 0.5) is 0 Å². The van der Waals surface area contributed by atoms with Crippen LogP contribution < -0.4 is 0 Å². The standard InChI is InChI=1S/C33H26N6O2/c1-23(24-12-5-2-6-13-24)37-41-21-28-35-33-30-29(25-14-7-3-8-15-25)31(26-16-9-4-10-17-26)38(20-27-18-11-19-40-27)32(30)34-22-39(33)36-28/h2-19,22H,20-21H2,1H3. The van der Waals surface area contributed by atoms with E-state index < -0.39 is 0 Å². The summed E-state index contributed by atoms with van der Waals surface area (Å²) in [7, 11) is 0. The maximum absolute atomic E-state index is 5.77. The van der Waals surface area contributed by atoms with Gasteiger partial charge in [-0.3, -0.25) is 0 Å². The Kier molecular flexibility index (Phi) is 6.33. The van der Waals surface area contributed by atoms with Crippen molar-refractivity contribution in [2.45, 2.75) is 20.1 Å². The summed E-state index contributed by atoms with van der Waals surface area (Å²) in [5.74, 6) is 1.35. The van der Waals surface area contributed by atoms with E-state index in [1.165, 1.54) is 0 Å². The average molecular weight is 539 g/mol. The van der Waals surface area contributed by atoms with Gasteiger partial charge in [0.05, 0.1) is 29.6 Å². The molecule has 0 atom stereocenters. The Balaban J connectivity index is 1.40. The Bertz CT molecular complexity index is 1960. The van der Waals surface area contributed by atoms with Crippen molar-refractivity contribution in [1.29, 1.82) is 0 Å². The highest BCUT2D eigenvalue weighted by Crippen LogP contribution is 2.42. The highest BCUT2D eigenvalue weighted by atomic mass is 16.6. The van der Waals surface area contributed by atoms with Crippen molar-refractivity contribution in [1.82, 2.24) is 24.1 Å². The van der Waals surface area contributed by atoms with Crippen LogP contribution in [-0.4, -0.2) is 29.9 Å². The quantitative estimate of drug-likeness (QED) is 0.154. The summed E-state index contributed by atoms with van der Waals surface area (Å²) in [5.41, 5.74) is 7.49. The Morgan fingerprint density at radius 1 is 0.829 bits per heavy atom. The average Bonchev–Trinajstić information content (AvgIpc) is 3.76. The van der Waals surface area contributed by atoms with Crippen LogP contribution >= 0.6 is 0 Å². The van der Waals surface area contributed by atoms with Crippen LogP contribution in [0.15, 0.2) is 125 Å². The van der Waals surface area contributed by atoms with E-state index in [2.05, 4.69) is 39.1 Å². The van der Waals surface area contributed by atoms with Crippen molar-refractivity contribution in [3.05, 3.63) is 133 Å². The van der Waals surface area contributed by atoms with Crippen LogP contribution in [0.3, 0.4) is 0 Å². The summed E-state index contributed by atoms with van der Waals surface area (Å²) in [6, 6.07) is 34.5. The molecule has 4 aromatic heterocycles. The summed E-state index contributed by atoms with van der Waals surface area (Å²) >= 11 is 0. The van der Waals surface area contributed by atoms with Gasteiger partial charge < -0.3 is 13.8 Å². The van der Waals surface area contributed by atoms with Crippen molar-refractivity contribution in [3.63, 3.8) is 0 Å². The number of rotatable bonds is 8. The number of benzene rings is 3. The number of hydrogen-bond acceptors (Lipinski definition) is 6. The molecule has 8 heteroatoms. The number of fused-ring (bicyclic) bond motifs is 3. The third-order valence-electron chi connectivity index (χ3n) is 7.01. The minimum Gasteiger partial charge on any atom is -0.467 e. The number of nitrogens with zero attached hydrogens (tertiary/aromatic N) is 6. The van der Waals surface area contributed by atoms with Gasteiger partial charge in [0.25, 0.3) is 0 Å². The Hall–Kier alpha value is -5.50. The van der Waals surface area contributed by atoms with Gasteiger partial charge in [-0.25, -0.2) is 14.5 Å². The molecule has 0 spiro atoms. The highest BCUT2D eigenvalue weighted by molar-refractivity contribution is 6.09. The van der Waals surface area contributed by atoms with E-state index >= 15 is 0 Å².